The highest BCUT2D eigenvalue weighted by Gasteiger charge is 2.45. The van der Waals surface area contributed by atoms with Gasteiger partial charge in [0.2, 0.25) is 5.91 Å². The average Bonchev–Trinajstić information content (AvgIpc) is 3.35. The molecule has 2 unspecified atom stereocenters. The van der Waals surface area contributed by atoms with E-state index in [0.29, 0.717) is 6.61 Å². The Morgan fingerprint density at radius 3 is 2.89 bits per heavy atom. The fourth-order valence-electron chi connectivity index (χ4n) is 4.64. The van der Waals surface area contributed by atoms with Gasteiger partial charge >= 0.3 is 0 Å². The van der Waals surface area contributed by atoms with Gasteiger partial charge in [-0.05, 0) is 55.5 Å². The molecule has 0 saturated carbocycles. The van der Waals surface area contributed by atoms with Crippen molar-refractivity contribution < 1.29 is 9.53 Å². The van der Waals surface area contributed by atoms with Gasteiger partial charge in [0.15, 0.2) is 0 Å². The summed E-state index contributed by atoms with van der Waals surface area (Å²) in [6, 6.07) is 6.58. The number of hydrazone groups is 1. The SMILES string of the molecule is Cc1cnc(C)c(C)c1-c1ccc2c(c1)NC(=O)C1C=NN([C@H]3CCOC3)C21. The fourth-order valence-corrected chi connectivity index (χ4v) is 4.64. The maximum absolute atomic E-state index is 12.8. The molecule has 1 aromatic heterocycles. The van der Waals surface area contributed by atoms with E-state index < -0.39 is 0 Å². The van der Waals surface area contributed by atoms with Crippen molar-refractivity contribution in [1.29, 1.82) is 0 Å². The number of fused-ring (bicyclic) bond motifs is 3. The van der Waals surface area contributed by atoms with Crippen molar-refractivity contribution in [1.82, 2.24) is 9.99 Å². The van der Waals surface area contributed by atoms with Crippen LogP contribution in [0.2, 0.25) is 0 Å². The molecule has 1 aromatic carbocycles. The molecule has 1 amide bonds. The number of pyridine rings is 1. The van der Waals surface area contributed by atoms with E-state index in [2.05, 4.69) is 52.5 Å². The molecule has 3 aliphatic rings. The first-order chi connectivity index (χ1) is 13.5. The van der Waals surface area contributed by atoms with E-state index >= 15 is 0 Å². The van der Waals surface area contributed by atoms with Crippen LogP contribution in [0, 0.1) is 26.7 Å². The number of benzene rings is 1. The van der Waals surface area contributed by atoms with Crippen LogP contribution >= 0.6 is 0 Å². The predicted molar refractivity (Wildman–Crippen MR) is 108 cm³/mol. The molecule has 4 heterocycles. The van der Waals surface area contributed by atoms with Crippen LogP contribution in [-0.2, 0) is 9.53 Å². The number of hydrogen-bond donors (Lipinski definition) is 1. The topological polar surface area (TPSA) is 66.8 Å². The summed E-state index contributed by atoms with van der Waals surface area (Å²) in [6.07, 6.45) is 4.65. The molecule has 3 aliphatic heterocycles. The van der Waals surface area contributed by atoms with Crippen LogP contribution in [0.4, 0.5) is 5.69 Å². The summed E-state index contributed by atoms with van der Waals surface area (Å²) in [5, 5.41) is 9.78. The Morgan fingerprint density at radius 2 is 2.11 bits per heavy atom. The molecule has 144 valence electrons. The van der Waals surface area contributed by atoms with Crippen molar-refractivity contribution in [2.45, 2.75) is 39.3 Å². The third-order valence-corrected chi connectivity index (χ3v) is 6.25. The van der Waals surface area contributed by atoms with Crippen LogP contribution in [0.1, 0.15) is 34.8 Å². The summed E-state index contributed by atoms with van der Waals surface area (Å²) in [7, 11) is 0. The molecule has 3 atom stereocenters. The molecule has 5 rings (SSSR count). The van der Waals surface area contributed by atoms with Gasteiger partial charge in [0.25, 0.3) is 0 Å². The van der Waals surface area contributed by atoms with Gasteiger partial charge in [0.05, 0.1) is 18.7 Å². The van der Waals surface area contributed by atoms with Gasteiger partial charge in [-0.1, -0.05) is 12.1 Å². The van der Waals surface area contributed by atoms with Crippen molar-refractivity contribution in [3.63, 3.8) is 0 Å². The molecular formula is C22H24N4O2. The van der Waals surface area contributed by atoms with Gasteiger partial charge in [0, 0.05) is 36.0 Å². The van der Waals surface area contributed by atoms with Gasteiger partial charge in [-0.25, -0.2) is 0 Å². The maximum atomic E-state index is 12.8. The second-order valence-corrected chi connectivity index (χ2v) is 7.95. The van der Waals surface area contributed by atoms with Crippen molar-refractivity contribution in [2.24, 2.45) is 11.0 Å². The number of nitrogens with one attached hydrogen (secondary N) is 1. The maximum Gasteiger partial charge on any atom is 0.235 e. The number of rotatable bonds is 2. The highest BCUT2D eigenvalue weighted by Crippen LogP contribution is 2.44. The standard InChI is InChI=1S/C22H24N4O2/c1-12-9-23-14(3)13(2)20(12)15-4-5-17-19(8-15)25-22(27)18-10-24-26(21(17)18)16-6-7-28-11-16/h4-5,8-10,16,18,21H,6-7,11H2,1-3H3,(H,25,27)/t16-,18?,21?/m0/s1. The number of ether oxygens (including phenoxy) is 1. The number of nitrogens with zero attached hydrogens (tertiary/aromatic N) is 3. The first-order valence-electron chi connectivity index (χ1n) is 9.83. The van der Waals surface area contributed by atoms with E-state index in [9.17, 15) is 4.79 Å². The number of amides is 1. The molecule has 0 bridgehead atoms. The Labute approximate surface area is 164 Å². The van der Waals surface area contributed by atoms with Crippen LogP contribution in [0.25, 0.3) is 11.1 Å². The number of carbonyl (C=O) groups excluding carboxylic acids is 1. The Balaban J connectivity index is 1.58. The molecule has 6 heteroatoms. The molecule has 0 radical (unpaired) electrons. The second kappa shape index (κ2) is 6.41. The Hall–Kier alpha value is -2.73. The van der Waals surface area contributed by atoms with Gasteiger partial charge in [0.1, 0.15) is 5.92 Å². The van der Waals surface area contributed by atoms with E-state index in [0.717, 1.165) is 41.1 Å². The zero-order valence-electron chi connectivity index (χ0n) is 16.4. The molecule has 0 aliphatic carbocycles. The molecule has 0 spiro atoms. The smallest absolute Gasteiger partial charge is 0.235 e. The Morgan fingerprint density at radius 1 is 1.25 bits per heavy atom. The Bertz CT molecular complexity index is 994. The number of carbonyl (C=O) groups is 1. The van der Waals surface area contributed by atoms with E-state index in [1.165, 1.54) is 11.1 Å². The summed E-state index contributed by atoms with van der Waals surface area (Å²) in [5.41, 5.74) is 7.64. The van der Waals surface area contributed by atoms with Crippen molar-refractivity contribution in [3.05, 3.63) is 46.8 Å². The highest BCUT2D eigenvalue weighted by atomic mass is 16.5. The molecule has 1 fully saturated rings. The van der Waals surface area contributed by atoms with Gasteiger partial charge < -0.3 is 10.1 Å². The molecule has 1 saturated heterocycles. The molecule has 1 N–H and O–H groups in total. The summed E-state index contributed by atoms with van der Waals surface area (Å²) in [6.45, 7) is 7.64. The van der Waals surface area contributed by atoms with E-state index in [1.54, 1.807) is 6.21 Å². The zero-order valence-corrected chi connectivity index (χ0v) is 16.4. The summed E-state index contributed by atoms with van der Waals surface area (Å²) < 4.78 is 5.56. The first kappa shape index (κ1) is 17.4. The summed E-state index contributed by atoms with van der Waals surface area (Å²) in [4.78, 5) is 17.2. The van der Waals surface area contributed by atoms with Crippen LogP contribution in [0.3, 0.4) is 0 Å². The van der Waals surface area contributed by atoms with Crippen molar-refractivity contribution in [2.75, 3.05) is 18.5 Å². The summed E-state index contributed by atoms with van der Waals surface area (Å²) >= 11 is 0. The normalized spacial score (nSPS) is 25.6. The van der Waals surface area contributed by atoms with Gasteiger partial charge in [-0.2, -0.15) is 5.10 Å². The van der Waals surface area contributed by atoms with Crippen LogP contribution < -0.4 is 5.32 Å². The first-order valence-corrected chi connectivity index (χ1v) is 9.83. The van der Waals surface area contributed by atoms with Crippen molar-refractivity contribution >= 4 is 17.8 Å². The lowest BCUT2D eigenvalue weighted by Crippen LogP contribution is -2.41. The quantitative estimate of drug-likeness (QED) is 0.873. The monoisotopic (exact) mass is 376 g/mol. The number of hydrogen-bond acceptors (Lipinski definition) is 5. The van der Waals surface area contributed by atoms with Gasteiger partial charge in [-0.15, -0.1) is 0 Å². The lowest BCUT2D eigenvalue weighted by atomic mass is 9.86. The number of aromatic nitrogens is 1. The minimum absolute atomic E-state index is 0.0131. The molecular weight excluding hydrogens is 352 g/mol. The van der Waals surface area contributed by atoms with Crippen LogP contribution in [0.5, 0.6) is 0 Å². The molecule has 28 heavy (non-hydrogen) atoms. The second-order valence-electron chi connectivity index (χ2n) is 7.95. The zero-order chi connectivity index (χ0) is 19.4. The van der Waals surface area contributed by atoms with E-state index in [-0.39, 0.29) is 23.9 Å². The lowest BCUT2D eigenvalue weighted by Gasteiger charge is -2.35. The average molecular weight is 376 g/mol. The minimum Gasteiger partial charge on any atom is -0.379 e. The Kier molecular flexibility index (Phi) is 3.98. The van der Waals surface area contributed by atoms with E-state index in [4.69, 9.17) is 4.74 Å². The van der Waals surface area contributed by atoms with Crippen LogP contribution in [-0.4, -0.2) is 41.4 Å². The number of aryl methyl sites for hydroxylation is 2. The van der Waals surface area contributed by atoms with Crippen molar-refractivity contribution in [3.8, 4) is 11.1 Å². The van der Waals surface area contributed by atoms with Crippen LogP contribution in [0.15, 0.2) is 29.5 Å². The fraction of sp³-hybridized carbons (Fsp3) is 0.409. The van der Waals surface area contributed by atoms with Gasteiger partial charge in [-0.3, -0.25) is 14.8 Å². The molecule has 6 nitrogen and oxygen atoms in total. The minimum atomic E-state index is -0.245. The molecule has 2 aromatic rings. The lowest BCUT2D eigenvalue weighted by molar-refractivity contribution is -0.119. The number of anilines is 1. The highest BCUT2D eigenvalue weighted by molar-refractivity contribution is 6.06. The largest absolute Gasteiger partial charge is 0.379 e. The predicted octanol–water partition coefficient (Wildman–Crippen LogP) is 3.37. The summed E-state index contributed by atoms with van der Waals surface area (Å²) in [5.74, 6) is -0.232. The third-order valence-electron chi connectivity index (χ3n) is 6.25. The third kappa shape index (κ3) is 2.55. The van der Waals surface area contributed by atoms with E-state index in [1.807, 2.05) is 13.1 Å².